The number of rotatable bonds is 66. The van der Waals surface area contributed by atoms with Gasteiger partial charge in [0.25, 0.3) is 0 Å². The second-order valence-corrected chi connectivity index (χ2v) is 24.2. The Balaban J connectivity index is 3.37. The van der Waals surface area contributed by atoms with E-state index in [2.05, 4.69) is 43.5 Å². The summed E-state index contributed by atoms with van der Waals surface area (Å²) in [5.41, 5.74) is 0. The molecule has 6 heteroatoms. The van der Waals surface area contributed by atoms with Crippen LogP contribution in [0, 0.1) is 0 Å². The minimum absolute atomic E-state index is 0.00693. The van der Waals surface area contributed by atoms with Gasteiger partial charge in [-0.3, -0.25) is 9.59 Å². The third kappa shape index (κ3) is 63.4. The molecule has 6 nitrogen and oxygen atoms in total. The van der Waals surface area contributed by atoms with Gasteiger partial charge in [0.2, 0.25) is 5.91 Å². The Morgan fingerprint density at radius 1 is 0.364 bits per heavy atom. The van der Waals surface area contributed by atoms with Crippen LogP contribution in [-0.4, -0.2) is 47.4 Å². The normalized spacial score (nSPS) is 12.6. The molecule has 0 aromatic carbocycles. The van der Waals surface area contributed by atoms with Crippen molar-refractivity contribution in [3.05, 3.63) is 24.3 Å². The van der Waals surface area contributed by atoms with E-state index < -0.39 is 12.1 Å². The number of hydrogen-bond acceptors (Lipinski definition) is 5. The van der Waals surface area contributed by atoms with Gasteiger partial charge in [-0.1, -0.05) is 346 Å². The highest BCUT2D eigenvalue weighted by Crippen LogP contribution is 2.19. The summed E-state index contributed by atoms with van der Waals surface area (Å²) in [6.07, 6.45) is 83.5. The molecule has 0 radical (unpaired) electrons. The number of amides is 1. The molecule has 0 spiro atoms. The summed E-state index contributed by atoms with van der Waals surface area (Å²) < 4.78 is 5.50. The van der Waals surface area contributed by atoms with Crippen molar-refractivity contribution in [1.82, 2.24) is 5.32 Å². The van der Waals surface area contributed by atoms with Crippen molar-refractivity contribution in [3.8, 4) is 0 Å². The molecule has 0 saturated heterocycles. The first-order valence-corrected chi connectivity index (χ1v) is 35.1. The largest absolute Gasteiger partial charge is 0.466 e. The maximum Gasteiger partial charge on any atom is 0.305 e. The number of allylic oxidation sites excluding steroid dienone is 4. The van der Waals surface area contributed by atoms with Crippen LogP contribution in [0.4, 0.5) is 0 Å². The second kappa shape index (κ2) is 66.8. The van der Waals surface area contributed by atoms with Crippen LogP contribution in [-0.2, 0) is 14.3 Å². The first kappa shape index (κ1) is 75.3. The van der Waals surface area contributed by atoms with E-state index in [1.165, 1.54) is 308 Å². The van der Waals surface area contributed by atoms with Crippen molar-refractivity contribution in [2.24, 2.45) is 0 Å². The fourth-order valence-corrected chi connectivity index (χ4v) is 11.1. The predicted octanol–water partition coefficient (Wildman–Crippen LogP) is 22.5. The molecule has 0 aromatic rings. The number of nitrogens with one attached hydrogen (secondary N) is 1. The molecule has 1 amide bonds. The van der Waals surface area contributed by atoms with E-state index in [-0.39, 0.29) is 18.5 Å². The Morgan fingerprint density at radius 2 is 0.649 bits per heavy atom. The van der Waals surface area contributed by atoms with Gasteiger partial charge in [0, 0.05) is 12.8 Å². The number of esters is 1. The summed E-state index contributed by atoms with van der Waals surface area (Å²) in [6, 6.07) is -0.543. The molecular weight excluding hydrogens is 947 g/mol. The smallest absolute Gasteiger partial charge is 0.305 e. The van der Waals surface area contributed by atoms with Crippen LogP contribution in [0.25, 0.3) is 0 Å². The Kier molecular flexibility index (Phi) is 65.4. The molecule has 0 aliphatic carbocycles. The third-order valence-electron chi connectivity index (χ3n) is 16.5. The van der Waals surface area contributed by atoms with Gasteiger partial charge in [0.05, 0.1) is 25.4 Å². The molecule has 0 saturated carbocycles. The summed E-state index contributed by atoms with van der Waals surface area (Å²) in [4.78, 5) is 24.6. The van der Waals surface area contributed by atoms with Crippen molar-refractivity contribution < 1.29 is 24.5 Å². The van der Waals surface area contributed by atoms with E-state index in [4.69, 9.17) is 4.74 Å². The maximum absolute atomic E-state index is 12.5. The van der Waals surface area contributed by atoms with Crippen molar-refractivity contribution in [2.75, 3.05) is 13.2 Å². The van der Waals surface area contributed by atoms with Crippen molar-refractivity contribution in [1.29, 1.82) is 0 Å². The lowest BCUT2D eigenvalue weighted by atomic mass is 10.0. The monoisotopic (exact) mass is 1080 g/mol. The highest BCUT2D eigenvalue weighted by Gasteiger charge is 2.20. The lowest BCUT2D eigenvalue weighted by Crippen LogP contribution is -2.45. The summed E-state index contributed by atoms with van der Waals surface area (Å²) >= 11 is 0. The van der Waals surface area contributed by atoms with Crippen LogP contribution in [0.2, 0.25) is 0 Å². The molecule has 0 aromatic heterocycles. The highest BCUT2D eigenvalue weighted by atomic mass is 16.5. The van der Waals surface area contributed by atoms with Gasteiger partial charge in [-0.05, 0) is 57.8 Å². The standard InChI is InChI=1S/C71H137NO5/c1-3-5-7-9-11-13-15-17-19-21-23-28-31-35-39-43-47-51-55-59-63-69(74)68(67-73)72-70(75)64-60-56-52-48-44-40-36-32-29-26-24-25-27-30-34-38-42-46-50-54-58-62-66-77-71(76)65-61-57-53-49-45-41-37-33-22-20-18-16-14-12-10-8-6-4-2/h14,16,20,22,68-69,73-74H,3-13,15,17-19,21,23-67H2,1-2H3,(H,72,75)/b16-14-,22-20-. The van der Waals surface area contributed by atoms with Crippen molar-refractivity contribution in [3.63, 3.8) is 0 Å². The number of ether oxygens (including phenoxy) is 1. The van der Waals surface area contributed by atoms with E-state index in [9.17, 15) is 19.8 Å². The third-order valence-corrected chi connectivity index (χ3v) is 16.5. The Morgan fingerprint density at radius 3 is 1.00 bits per heavy atom. The van der Waals surface area contributed by atoms with E-state index in [0.717, 1.165) is 51.4 Å². The number of carbonyl (C=O) groups excluding carboxylic acids is 2. The minimum Gasteiger partial charge on any atom is -0.466 e. The Bertz CT molecular complexity index is 1200. The van der Waals surface area contributed by atoms with Crippen LogP contribution in [0.3, 0.4) is 0 Å². The molecule has 0 aliphatic heterocycles. The van der Waals surface area contributed by atoms with E-state index >= 15 is 0 Å². The average Bonchev–Trinajstić information content (AvgIpc) is 3.43. The van der Waals surface area contributed by atoms with Gasteiger partial charge in [-0.25, -0.2) is 0 Å². The topological polar surface area (TPSA) is 95.9 Å². The molecule has 77 heavy (non-hydrogen) atoms. The van der Waals surface area contributed by atoms with Gasteiger partial charge in [-0.15, -0.1) is 0 Å². The molecule has 2 atom stereocenters. The number of aliphatic hydroxyl groups is 2. The van der Waals surface area contributed by atoms with Crippen LogP contribution < -0.4 is 5.32 Å². The van der Waals surface area contributed by atoms with Gasteiger partial charge in [0.15, 0.2) is 0 Å². The number of carbonyl (C=O) groups is 2. The molecule has 2 unspecified atom stereocenters. The quantitative estimate of drug-likeness (QED) is 0.0320. The zero-order valence-corrected chi connectivity index (χ0v) is 52.2. The van der Waals surface area contributed by atoms with Crippen LogP contribution >= 0.6 is 0 Å². The molecular formula is C71H137NO5. The first-order valence-electron chi connectivity index (χ1n) is 35.1. The Labute approximate surface area is 481 Å². The molecule has 3 N–H and O–H groups in total. The number of aliphatic hydroxyl groups excluding tert-OH is 2. The number of hydrogen-bond donors (Lipinski definition) is 3. The molecule has 0 rings (SSSR count). The lowest BCUT2D eigenvalue weighted by molar-refractivity contribution is -0.143. The molecule has 0 aliphatic rings. The molecule has 0 heterocycles. The summed E-state index contributed by atoms with van der Waals surface area (Å²) in [7, 11) is 0. The zero-order chi connectivity index (χ0) is 55.7. The molecule has 0 fully saturated rings. The van der Waals surface area contributed by atoms with Gasteiger partial charge < -0.3 is 20.3 Å². The fourth-order valence-electron chi connectivity index (χ4n) is 11.1. The SMILES string of the molecule is CCCCCC/C=C\C/C=C\CCCCCCCCCC(=O)OCCCCCCCCCCCCCCCCCCCCCCCCC(=O)NC(CO)C(O)CCCCCCCCCCCCCCCCCCCCCC. The van der Waals surface area contributed by atoms with Crippen molar-refractivity contribution >= 4 is 11.9 Å². The lowest BCUT2D eigenvalue weighted by Gasteiger charge is -2.22. The highest BCUT2D eigenvalue weighted by molar-refractivity contribution is 5.76. The molecule has 0 bridgehead atoms. The predicted molar refractivity (Wildman–Crippen MR) is 338 cm³/mol. The van der Waals surface area contributed by atoms with Crippen molar-refractivity contribution in [2.45, 2.75) is 405 Å². The first-order chi connectivity index (χ1) is 38.0. The minimum atomic E-state index is -0.665. The summed E-state index contributed by atoms with van der Waals surface area (Å²) in [5.74, 6) is -0.0241. The van der Waals surface area contributed by atoms with Crippen LogP contribution in [0.1, 0.15) is 393 Å². The van der Waals surface area contributed by atoms with Crippen LogP contribution in [0.15, 0.2) is 24.3 Å². The van der Waals surface area contributed by atoms with E-state index in [1.807, 2.05) is 0 Å². The summed E-state index contributed by atoms with van der Waals surface area (Å²) in [6.45, 7) is 4.97. The van der Waals surface area contributed by atoms with Gasteiger partial charge in [0.1, 0.15) is 0 Å². The second-order valence-electron chi connectivity index (χ2n) is 24.2. The van der Waals surface area contributed by atoms with Gasteiger partial charge in [-0.2, -0.15) is 0 Å². The van der Waals surface area contributed by atoms with E-state index in [1.54, 1.807) is 0 Å². The number of unbranched alkanes of at least 4 members (excludes halogenated alkanes) is 51. The zero-order valence-electron chi connectivity index (χ0n) is 52.2. The van der Waals surface area contributed by atoms with Gasteiger partial charge >= 0.3 is 5.97 Å². The molecule has 456 valence electrons. The Hall–Kier alpha value is -1.66. The summed E-state index contributed by atoms with van der Waals surface area (Å²) in [5, 5.41) is 23.4. The average molecular weight is 1080 g/mol. The fraction of sp³-hybridized carbons (Fsp3) is 0.915. The van der Waals surface area contributed by atoms with Crippen LogP contribution in [0.5, 0.6) is 0 Å². The van der Waals surface area contributed by atoms with E-state index in [0.29, 0.717) is 25.9 Å². The maximum atomic E-state index is 12.5.